The highest BCUT2D eigenvalue weighted by Gasteiger charge is 2.25. The Bertz CT molecular complexity index is 1450. The predicted octanol–water partition coefficient (Wildman–Crippen LogP) is 4.25. The maximum atomic E-state index is 12.4. The summed E-state index contributed by atoms with van der Waals surface area (Å²) < 4.78 is 12.4. The minimum Gasteiger partial charge on any atom is -0.380 e. The first-order chi connectivity index (χ1) is 19.0. The fourth-order valence-electron chi connectivity index (χ4n) is 4.67. The molecule has 1 atom stereocenters. The predicted molar refractivity (Wildman–Crippen MR) is 152 cm³/mol. The highest BCUT2D eigenvalue weighted by molar-refractivity contribution is 5.90. The Labute approximate surface area is 226 Å². The molecule has 2 N–H and O–H groups in total. The van der Waals surface area contributed by atoms with Gasteiger partial charge < -0.3 is 10.6 Å². The van der Waals surface area contributed by atoms with Crippen molar-refractivity contribution >= 4 is 34.5 Å². The normalized spacial score (nSPS) is 15.0. The lowest BCUT2D eigenvalue weighted by Gasteiger charge is -2.39. The van der Waals surface area contributed by atoms with Gasteiger partial charge in [0.2, 0.25) is 5.95 Å². The van der Waals surface area contributed by atoms with Gasteiger partial charge in [0.25, 0.3) is 0 Å². The molecule has 0 saturated carbocycles. The molecule has 0 radical (unpaired) electrons. The number of alkyl halides is 1. The molecule has 9 nitrogen and oxygen atoms in total. The van der Waals surface area contributed by atoms with Crippen LogP contribution in [0.4, 0.5) is 21.7 Å². The van der Waals surface area contributed by atoms with Gasteiger partial charge in [-0.3, -0.25) is 24.6 Å². The molecule has 10 heteroatoms. The number of aromatic nitrogens is 4. The Morgan fingerprint density at radius 1 is 1.08 bits per heavy atom. The van der Waals surface area contributed by atoms with E-state index in [2.05, 4.69) is 30.5 Å². The first-order valence-corrected chi connectivity index (χ1v) is 12.8. The number of hydrogen-bond donors (Lipinski definition) is 2. The number of anilines is 3. The maximum Gasteiger partial charge on any atom is 0.227 e. The summed E-state index contributed by atoms with van der Waals surface area (Å²) in [6.45, 7) is 1.91. The van der Waals surface area contributed by atoms with Crippen LogP contribution in [0.2, 0.25) is 0 Å². The standard InChI is InChI=1S/C29H31FN8O/c1-37(2)26(4-3-15-39)20-9-12-31-25(16-20)28-27-21(10-13-32-28)17-33-29(36-27)35-23-7-5-22(6-8-23)34-24-18-38(19-24)14-11-30/h3-10,12-13,15-17,24,26,34H,11,14,18-19H2,1-2H3,(H,33,35,36)/b4-3+. The Hall–Kier alpha value is -4.28. The first kappa shape index (κ1) is 26.3. The van der Waals surface area contributed by atoms with Gasteiger partial charge in [-0.1, -0.05) is 6.08 Å². The number of carbonyl (C=O) groups is 1. The molecule has 0 bridgehead atoms. The van der Waals surface area contributed by atoms with Gasteiger partial charge >= 0.3 is 0 Å². The SMILES string of the molecule is CN(C)C(/C=C/C=O)c1ccnc(-c2nccc3cnc(Nc4ccc(NC5CN(CCF)C5)cc4)nc23)c1. The second kappa shape index (κ2) is 12.1. The number of benzene rings is 1. The van der Waals surface area contributed by atoms with Gasteiger partial charge in [0.05, 0.1) is 17.8 Å². The summed E-state index contributed by atoms with van der Waals surface area (Å²) in [5, 5.41) is 7.60. The number of hydrogen-bond acceptors (Lipinski definition) is 9. The average molecular weight is 527 g/mol. The molecule has 200 valence electrons. The van der Waals surface area contributed by atoms with Crippen molar-refractivity contribution in [3.63, 3.8) is 0 Å². The number of allylic oxidation sites excluding steroid dienone is 1. The van der Waals surface area contributed by atoms with Crippen molar-refractivity contribution < 1.29 is 9.18 Å². The molecule has 4 heterocycles. The number of fused-ring (bicyclic) bond motifs is 1. The minimum atomic E-state index is -0.304. The molecule has 3 aromatic heterocycles. The smallest absolute Gasteiger partial charge is 0.227 e. The number of carbonyl (C=O) groups excluding carboxylic acids is 1. The van der Waals surface area contributed by atoms with E-state index in [1.807, 2.05) is 67.5 Å². The van der Waals surface area contributed by atoms with E-state index in [1.54, 1.807) is 18.6 Å². The lowest BCUT2D eigenvalue weighted by atomic mass is 10.0. The quantitative estimate of drug-likeness (QED) is 0.219. The van der Waals surface area contributed by atoms with Crippen LogP contribution in [0.5, 0.6) is 0 Å². The highest BCUT2D eigenvalue weighted by Crippen LogP contribution is 2.28. The van der Waals surface area contributed by atoms with E-state index in [9.17, 15) is 9.18 Å². The van der Waals surface area contributed by atoms with E-state index in [1.165, 1.54) is 6.08 Å². The maximum absolute atomic E-state index is 12.4. The van der Waals surface area contributed by atoms with E-state index in [0.29, 0.717) is 35.4 Å². The van der Waals surface area contributed by atoms with Gasteiger partial charge in [-0.25, -0.2) is 14.4 Å². The molecule has 1 saturated heterocycles. The number of halogens is 1. The molecular weight excluding hydrogens is 495 g/mol. The third-order valence-electron chi connectivity index (χ3n) is 6.67. The molecule has 0 spiro atoms. The summed E-state index contributed by atoms with van der Waals surface area (Å²) >= 11 is 0. The van der Waals surface area contributed by atoms with Crippen LogP contribution in [0.1, 0.15) is 11.6 Å². The number of rotatable bonds is 11. The number of pyridine rings is 2. The highest BCUT2D eigenvalue weighted by atomic mass is 19.1. The fraction of sp³-hybridized carbons (Fsp3) is 0.276. The van der Waals surface area contributed by atoms with E-state index in [4.69, 9.17) is 4.98 Å². The molecule has 39 heavy (non-hydrogen) atoms. The minimum absolute atomic E-state index is 0.0883. The van der Waals surface area contributed by atoms with Gasteiger partial charge in [-0.2, -0.15) is 0 Å². The monoisotopic (exact) mass is 526 g/mol. The summed E-state index contributed by atoms with van der Waals surface area (Å²) in [5.41, 5.74) is 4.88. The summed E-state index contributed by atoms with van der Waals surface area (Å²) in [4.78, 5) is 33.5. The van der Waals surface area contributed by atoms with E-state index >= 15 is 0 Å². The van der Waals surface area contributed by atoms with Gasteiger partial charge in [0.15, 0.2) is 0 Å². The zero-order valence-corrected chi connectivity index (χ0v) is 22.0. The van der Waals surface area contributed by atoms with Gasteiger partial charge in [-0.15, -0.1) is 0 Å². The number of aldehydes is 1. The van der Waals surface area contributed by atoms with Crippen molar-refractivity contribution in [1.29, 1.82) is 0 Å². The third-order valence-corrected chi connectivity index (χ3v) is 6.67. The molecule has 1 aliphatic heterocycles. The molecule has 1 aliphatic rings. The van der Waals surface area contributed by atoms with Crippen molar-refractivity contribution in [2.75, 3.05) is 51.0 Å². The second-order valence-corrected chi connectivity index (χ2v) is 9.69. The van der Waals surface area contributed by atoms with E-state index < -0.39 is 0 Å². The van der Waals surface area contributed by atoms with Crippen molar-refractivity contribution in [2.45, 2.75) is 12.1 Å². The largest absolute Gasteiger partial charge is 0.380 e. The third kappa shape index (κ3) is 6.24. The van der Waals surface area contributed by atoms with Crippen molar-refractivity contribution in [3.8, 4) is 11.4 Å². The zero-order valence-electron chi connectivity index (χ0n) is 22.0. The van der Waals surface area contributed by atoms with Crippen LogP contribution in [0.25, 0.3) is 22.3 Å². The van der Waals surface area contributed by atoms with Crippen LogP contribution in [-0.2, 0) is 4.79 Å². The van der Waals surface area contributed by atoms with Crippen LogP contribution >= 0.6 is 0 Å². The van der Waals surface area contributed by atoms with Crippen LogP contribution in [0.15, 0.2) is 73.2 Å². The summed E-state index contributed by atoms with van der Waals surface area (Å²) in [6.07, 6.45) is 9.37. The molecule has 1 aromatic carbocycles. The average Bonchev–Trinajstić information content (AvgIpc) is 2.93. The Morgan fingerprint density at radius 2 is 1.85 bits per heavy atom. The van der Waals surface area contributed by atoms with Crippen molar-refractivity contribution in [2.24, 2.45) is 0 Å². The Balaban J connectivity index is 1.35. The van der Waals surface area contributed by atoms with Crippen LogP contribution < -0.4 is 10.6 Å². The van der Waals surface area contributed by atoms with Gasteiger partial charge in [0, 0.05) is 55.0 Å². The Kier molecular flexibility index (Phi) is 8.14. The second-order valence-electron chi connectivity index (χ2n) is 9.69. The van der Waals surface area contributed by atoms with Gasteiger partial charge in [-0.05, 0) is 68.2 Å². The fourth-order valence-corrected chi connectivity index (χ4v) is 4.67. The summed E-state index contributed by atoms with van der Waals surface area (Å²) in [6, 6.07) is 14.0. The number of nitrogens with zero attached hydrogens (tertiary/aromatic N) is 6. The van der Waals surface area contributed by atoms with E-state index in [-0.39, 0.29) is 12.7 Å². The number of likely N-dealkylation sites (tertiary alicyclic amines) is 1. The van der Waals surface area contributed by atoms with Crippen molar-refractivity contribution in [1.82, 2.24) is 29.7 Å². The molecule has 1 fully saturated rings. The zero-order chi connectivity index (χ0) is 27.2. The Morgan fingerprint density at radius 3 is 2.59 bits per heavy atom. The number of likely N-dealkylation sites (N-methyl/N-ethyl adjacent to an activating group) is 1. The first-order valence-electron chi connectivity index (χ1n) is 12.8. The topological polar surface area (TPSA) is 99.2 Å². The molecule has 1 unspecified atom stereocenters. The molecule has 5 rings (SSSR count). The van der Waals surface area contributed by atoms with Crippen LogP contribution in [0, 0.1) is 0 Å². The molecule has 4 aromatic rings. The molecular formula is C29H31FN8O. The summed E-state index contributed by atoms with van der Waals surface area (Å²) in [5.74, 6) is 0.453. The lowest BCUT2D eigenvalue weighted by Crippen LogP contribution is -2.55. The molecule has 0 aliphatic carbocycles. The van der Waals surface area contributed by atoms with Crippen molar-refractivity contribution in [3.05, 3.63) is 78.8 Å². The van der Waals surface area contributed by atoms with Crippen LogP contribution in [-0.4, -0.2) is 82.5 Å². The van der Waals surface area contributed by atoms with E-state index in [0.717, 1.165) is 41.7 Å². The molecule has 0 amide bonds. The summed E-state index contributed by atoms with van der Waals surface area (Å²) in [7, 11) is 3.92. The lowest BCUT2D eigenvalue weighted by molar-refractivity contribution is -0.104. The van der Waals surface area contributed by atoms with Gasteiger partial charge in [0.1, 0.15) is 24.2 Å². The van der Waals surface area contributed by atoms with Crippen LogP contribution in [0.3, 0.4) is 0 Å². The number of nitrogens with one attached hydrogen (secondary N) is 2.